The minimum absolute atomic E-state index is 0.0142. The zero-order valence-electron chi connectivity index (χ0n) is 33.3. The van der Waals surface area contributed by atoms with Gasteiger partial charge in [-0.2, -0.15) is 0 Å². The highest BCUT2D eigenvalue weighted by Gasteiger charge is 2.70. The number of nitrogens with one attached hydrogen (secondary N) is 1. The van der Waals surface area contributed by atoms with Crippen molar-refractivity contribution >= 4 is 5.91 Å². The Balaban J connectivity index is 1.20. The van der Waals surface area contributed by atoms with E-state index >= 15 is 0 Å². The molecule has 7 rings (SSSR count). The quantitative estimate of drug-likeness (QED) is 0.116. The largest absolute Gasteiger partial charge is 0.394 e. The van der Waals surface area contributed by atoms with Gasteiger partial charge in [0.1, 0.15) is 36.1 Å². The van der Waals surface area contributed by atoms with Crippen LogP contribution in [0.15, 0.2) is 17.7 Å². The second-order valence-corrected chi connectivity index (χ2v) is 20.4. The molecular formula is C43H61F4NO7. The summed E-state index contributed by atoms with van der Waals surface area (Å²) in [5.41, 5.74) is -1.62. The number of allylic oxidation sites excluding steroid dienone is 2. The Morgan fingerprint density at radius 1 is 0.855 bits per heavy atom. The molecule has 5 unspecified atom stereocenters. The number of hydrogen-bond donors (Lipinski definition) is 6. The van der Waals surface area contributed by atoms with Crippen LogP contribution in [0.4, 0.5) is 17.6 Å². The zero-order valence-corrected chi connectivity index (χ0v) is 33.3. The molecule has 1 aliphatic heterocycles. The van der Waals surface area contributed by atoms with E-state index < -0.39 is 94.8 Å². The van der Waals surface area contributed by atoms with Crippen molar-refractivity contribution in [3.05, 3.63) is 46.5 Å². The van der Waals surface area contributed by atoms with Crippen molar-refractivity contribution in [2.45, 2.75) is 155 Å². The highest BCUT2D eigenvalue weighted by molar-refractivity contribution is 5.95. The fraction of sp³-hybridized carbons (Fsp3) is 0.791. The molecule has 0 aromatic heterocycles. The third-order valence-electron chi connectivity index (χ3n) is 17.2. The van der Waals surface area contributed by atoms with Gasteiger partial charge in [-0.25, -0.2) is 17.6 Å². The number of halogens is 4. The van der Waals surface area contributed by atoms with Gasteiger partial charge in [-0.3, -0.25) is 4.79 Å². The monoisotopic (exact) mass is 779 g/mol. The van der Waals surface area contributed by atoms with Gasteiger partial charge in [0.05, 0.1) is 12.7 Å². The number of carbonyl (C=O) groups is 1. The number of carbonyl (C=O) groups excluding carboxylic acids is 1. The smallest absolute Gasteiger partial charge is 0.257 e. The highest BCUT2D eigenvalue weighted by Crippen LogP contribution is 2.76. The standard InChI is InChI=1S/C43H61F4NO7/c1-38(2)14-16-43(36(53)35-34(52)33(51)32(50)25(20-49)55-35)17-15-41(6)21(22(43)19-38)8-9-27-40(5)12-11-28(39(3,4)26(40)10-13-42(27,41)7)48-37(54)29-30(46)23(44)18-24(45)31(29)47/h8,18,22,25-28,32-36,49-53H,9-17,19-20H2,1-7H3,(H,48,54)/t22?,25?,26?,27?,28-,32+,33-,34?,35-,36+,40-,41+,42+,43-/m0/s1. The van der Waals surface area contributed by atoms with Crippen molar-refractivity contribution in [1.82, 2.24) is 5.32 Å². The Hall–Kier alpha value is -2.09. The van der Waals surface area contributed by atoms with Crippen LogP contribution in [0.3, 0.4) is 0 Å². The molecular weight excluding hydrogens is 718 g/mol. The van der Waals surface area contributed by atoms with Gasteiger partial charge in [-0.05, 0) is 109 Å². The maximum absolute atomic E-state index is 14.6. The lowest BCUT2D eigenvalue weighted by Crippen LogP contribution is -2.68. The molecule has 1 aromatic rings. The summed E-state index contributed by atoms with van der Waals surface area (Å²) >= 11 is 0. The zero-order chi connectivity index (χ0) is 40.4. The average molecular weight is 780 g/mol. The van der Waals surface area contributed by atoms with Gasteiger partial charge in [0.25, 0.3) is 5.91 Å². The van der Waals surface area contributed by atoms with E-state index in [0.717, 1.165) is 44.9 Å². The van der Waals surface area contributed by atoms with Gasteiger partial charge >= 0.3 is 0 Å². The lowest BCUT2D eigenvalue weighted by molar-refractivity contribution is -0.272. The molecule has 1 saturated heterocycles. The fourth-order valence-electron chi connectivity index (χ4n) is 13.8. The van der Waals surface area contributed by atoms with E-state index in [9.17, 15) is 47.9 Å². The molecule has 5 aliphatic carbocycles. The van der Waals surface area contributed by atoms with Gasteiger partial charge in [0.2, 0.25) is 0 Å². The lowest BCUT2D eigenvalue weighted by atomic mass is 9.33. The van der Waals surface area contributed by atoms with Crippen LogP contribution < -0.4 is 5.32 Å². The predicted molar refractivity (Wildman–Crippen MR) is 196 cm³/mol. The molecule has 0 spiro atoms. The summed E-state index contributed by atoms with van der Waals surface area (Å²) in [6, 6.07) is -0.383. The molecule has 55 heavy (non-hydrogen) atoms. The van der Waals surface area contributed by atoms with Gasteiger partial charge in [0, 0.05) is 17.5 Å². The Kier molecular flexibility index (Phi) is 10.1. The van der Waals surface area contributed by atoms with Crippen molar-refractivity contribution in [3.63, 3.8) is 0 Å². The summed E-state index contributed by atoms with van der Waals surface area (Å²) in [4.78, 5) is 13.3. The van der Waals surface area contributed by atoms with Crippen molar-refractivity contribution in [3.8, 4) is 0 Å². The average Bonchev–Trinajstić information content (AvgIpc) is 3.11. The van der Waals surface area contributed by atoms with E-state index in [0.29, 0.717) is 19.3 Å². The summed E-state index contributed by atoms with van der Waals surface area (Å²) in [5, 5.41) is 57.5. The Bertz CT molecular complexity index is 1710. The third kappa shape index (κ3) is 5.83. The number of aliphatic hydroxyl groups is 5. The number of fused-ring (bicyclic) bond motifs is 7. The minimum Gasteiger partial charge on any atom is -0.394 e. The molecule has 12 heteroatoms. The maximum atomic E-state index is 14.6. The summed E-state index contributed by atoms with van der Waals surface area (Å²) in [7, 11) is 0. The number of hydrogen-bond acceptors (Lipinski definition) is 7. The van der Waals surface area contributed by atoms with E-state index in [1.165, 1.54) is 5.57 Å². The molecule has 1 amide bonds. The van der Waals surface area contributed by atoms with Crippen LogP contribution in [0.2, 0.25) is 0 Å². The SMILES string of the molecule is CC1(C)CC[C@]2([C@H](O)[C@H]3OC(CO)[C@@H](O)[C@H](O)C3O)CC[C@]3(C)C(=CCC4[C@@]5(C)CC[C@H](NC(=O)c6c(F)c(F)cc(F)c6F)C(C)(C)C5CC[C@]43C)C2C1. The van der Waals surface area contributed by atoms with Crippen molar-refractivity contribution in [1.29, 1.82) is 0 Å². The first-order valence-corrected chi connectivity index (χ1v) is 20.3. The molecule has 8 nitrogen and oxygen atoms in total. The van der Waals surface area contributed by atoms with Gasteiger partial charge < -0.3 is 35.6 Å². The van der Waals surface area contributed by atoms with Crippen LogP contribution in [0.5, 0.6) is 0 Å². The van der Waals surface area contributed by atoms with Crippen molar-refractivity contribution in [2.24, 2.45) is 50.2 Å². The van der Waals surface area contributed by atoms with Crippen LogP contribution in [0.25, 0.3) is 0 Å². The molecule has 1 heterocycles. The third-order valence-corrected chi connectivity index (χ3v) is 17.2. The number of amides is 1. The topological polar surface area (TPSA) is 139 Å². The van der Waals surface area contributed by atoms with Gasteiger partial charge in [0.15, 0.2) is 23.3 Å². The fourth-order valence-corrected chi connectivity index (χ4v) is 13.8. The Labute approximate surface area is 322 Å². The number of rotatable bonds is 5. The summed E-state index contributed by atoms with van der Waals surface area (Å²) in [5.74, 6) is -7.47. The number of benzene rings is 1. The highest BCUT2D eigenvalue weighted by atomic mass is 19.2. The van der Waals surface area contributed by atoms with Crippen LogP contribution in [0.1, 0.15) is 123 Å². The molecule has 6 aliphatic rings. The van der Waals surface area contributed by atoms with E-state index in [2.05, 4.69) is 59.9 Å². The summed E-state index contributed by atoms with van der Waals surface area (Å²) in [6.07, 6.45) is 2.05. The first-order valence-electron chi connectivity index (χ1n) is 20.3. The van der Waals surface area contributed by atoms with E-state index in [1.54, 1.807) is 0 Å². The lowest BCUT2D eigenvalue weighted by Gasteiger charge is -2.72. The van der Waals surface area contributed by atoms with E-state index in [-0.39, 0.29) is 45.5 Å². The second-order valence-electron chi connectivity index (χ2n) is 20.4. The van der Waals surface area contributed by atoms with Gasteiger partial charge in [-0.1, -0.05) is 60.1 Å². The summed E-state index contributed by atoms with van der Waals surface area (Å²) in [6.45, 7) is 15.3. The molecule has 6 N–H and O–H groups in total. The van der Waals surface area contributed by atoms with Crippen molar-refractivity contribution < 1.29 is 52.6 Å². The molecule has 0 bridgehead atoms. The molecule has 0 radical (unpaired) electrons. The van der Waals surface area contributed by atoms with Crippen LogP contribution in [0, 0.1) is 73.5 Å². The predicted octanol–water partition coefficient (Wildman–Crippen LogP) is 6.35. The maximum Gasteiger partial charge on any atom is 0.257 e. The Morgan fingerprint density at radius 2 is 1.49 bits per heavy atom. The summed E-state index contributed by atoms with van der Waals surface area (Å²) < 4.78 is 63.4. The molecule has 5 fully saturated rings. The van der Waals surface area contributed by atoms with Crippen LogP contribution in [-0.4, -0.2) is 80.7 Å². The minimum atomic E-state index is -1.71. The van der Waals surface area contributed by atoms with Crippen LogP contribution >= 0.6 is 0 Å². The first kappa shape index (κ1) is 41.1. The molecule has 14 atom stereocenters. The second kappa shape index (κ2) is 13.5. The first-order chi connectivity index (χ1) is 25.5. The van der Waals surface area contributed by atoms with Crippen molar-refractivity contribution in [2.75, 3.05) is 6.61 Å². The molecule has 4 saturated carbocycles. The number of ether oxygens (including phenoxy) is 1. The van der Waals surface area contributed by atoms with E-state index in [1.807, 2.05) is 0 Å². The normalized spacial score (nSPS) is 45.2. The van der Waals surface area contributed by atoms with E-state index in [4.69, 9.17) is 4.74 Å². The van der Waals surface area contributed by atoms with Gasteiger partial charge in [-0.15, -0.1) is 0 Å². The molecule has 1 aromatic carbocycles. The Morgan fingerprint density at radius 3 is 2.13 bits per heavy atom. The van der Waals surface area contributed by atoms with Crippen LogP contribution in [-0.2, 0) is 4.74 Å². The molecule has 308 valence electrons. The number of aliphatic hydroxyl groups excluding tert-OH is 5.